The minimum absolute atomic E-state index is 0.0555. The summed E-state index contributed by atoms with van der Waals surface area (Å²) in [5.74, 6) is 0. The summed E-state index contributed by atoms with van der Waals surface area (Å²) in [5.41, 5.74) is 3.99. The fraction of sp³-hybridized carbons (Fsp3) is 0.750. The van der Waals surface area contributed by atoms with Gasteiger partial charge in [-0.25, -0.2) is 19.4 Å². The summed E-state index contributed by atoms with van der Waals surface area (Å²) in [4.78, 5) is 24.9. The Bertz CT molecular complexity index is 993. The average molecular weight is 769 g/mol. The zero-order chi connectivity index (χ0) is 39.6. The third-order valence-corrected chi connectivity index (χ3v) is 10.0. The monoisotopic (exact) mass is 769 g/mol. The lowest BCUT2D eigenvalue weighted by atomic mass is 10.0. The van der Waals surface area contributed by atoms with Gasteiger partial charge in [-0.2, -0.15) is 0 Å². The predicted molar refractivity (Wildman–Crippen MR) is 233 cm³/mol. The molecule has 0 saturated heterocycles. The van der Waals surface area contributed by atoms with Gasteiger partial charge in [-0.1, -0.05) is 180 Å². The van der Waals surface area contributed by atoms with Crippen molar-refractivity contribution in [3.05, 3.63) is 59.7 Å². The lowest BCUT2D eigenvalue weighted by Gasteiger charge is -2.26. The van der Waals surface area contributed by atoms with E-state index in [-0.39, 0.29) is 12.2 Å². The molecule has 7 nitrogen and oxygen atoms in total. The number of rotatable bonds is 38. The second-order valence-electron chi connectivity index (χ2n) is 15.7. The van der Waals surface area contributed by atoms with Crippen LogP contribution in [0.3, 0.4) is 0 Å². The summed E-state index contributed by atoms with van der Waals surface area (Å²) < 4.78 is 6.55. The van der Waals surface area contributed by atoms with Gasteiger partial charge in [0.2, 0.25) is 0 Å². The number of hydrogen-bond acceptors (Lipinski definition) is 7. The van der Waals surface area contributed by atoms with Gasteiger partial charge >= 0.3 is 0 Å². The Morgan fingerprint density at radius 2 is 0.618 bits per heavy atom. The highest BCUT2D eigenvalue weighted by Crippen LogP contribution is 2.31. The molecule has 0 aliphatic rings. The van der Waals surface area contributed by atoms with Crippen LogP contribution < -0.4 is 10.5 Å². The average Bonchev–Trinajstić information content (AvgIpc) is 3.20. The van der Waals surface area contributed by atoms with Gasteiger partial charge in [-0.15, -0.1) is 10.5 Å². The van der Waals surface area contributed by atoms with Gasteiger partial charge in [0.25, 0.3) is 0 Å². The van der Waals surface area contributed by atoms with E-state index in [4.69, 9.17) is 24.1 Å². The SMILES string of the molecule is CCCCCCCCON(OCCCCCCCC)c1ccc(C(OC(C)C)c2ccc(N(OCCCCCCCC)OCCCCCCCC)cc2)cc1. The van der Waals surface area contributed by atoms with Crippen LogP contribution in [0.4, 0.5) is 11.4 Å². The van der Waals surface area contributed by atoms with Gasteiger partial charge < -0.3 is 4.74 Å². The maximum absolute atomic E-state index is 6.55. The van der Waals surface area contributed by atoms with E-state index in [9.17, 15) is 0 Å². The van der Waals surface area contributed by atoms with Crippen molar-refractivity contribution in [2.75, 3.05) is 36.9 Å². The quantitative estimate of drug-likeness (QED) is 0.0498. The van der Waals surface area contributed by atoms with E-state index >= 15 is 0 Å². The molecule has 55 heavy (non-hydrogen) atoms. The van der Waals surface area contributed by atoms with E-state index in [1.54, 1.807) is 10.5 Å². The Balaban J connectivity index is 2.12. The van der Waals surface area contributed by atoms with E-state index in [2.05, 4.69) is 90.1 Å². The summed E-state index contributed by atoms with van der Waals surface area (Å²) in [6, 6.07) is 17.0. The Morgan fingerprint density at radius 3 is 0.873 bits per heavy atom. The third kappa shape index (κ3) is 23.6. The van der Waals surface area contributed by atoms with Crippen LogP contribution in [0.25, 0.3) is 0 Å². The zero-order valence-electron chi connectivity index (χ0n) is 36.5. The van der Waals surface area contributed by atoms with Crippen molar-refractivity contribution < 1.29 is 24.1 Å². The molecule has 0 bridgehead atoms. The summed E-state index contributed by atoms with van der Waals surface area (Å²) >= 11 is 0. The molecule has 0 radical (unpaired) electrons. The maximum atomic E-state index is 6.55. The lowest BCUT2D eigenvalue weighted by molar-refractivity contribution is -0.0916. The van der Waals surface area contributed by atoms with Crippen molar-refractivity contribution in [1.29, 1.82) is 0 Å². The van der Waals surface area contributed by atoms with E-state index < -0.39 is 0 Å². The first-order valence-electron chi connectivity index (χ1n) is 23.0. The number of hydrogen-bond donors (Lipinski definition) is 0. The standard InChI is InChI=1S/C48H84N2O5/c1-7-11-15-19-23-27-39-51-49(52-40-28-24-20-16-12-8-2)46-35-31-44(32-36-46)48(55-43(5)6)45-33-37-47(38-34-45)50(53-41-29-25-21-17-13-9-3)54-42-30-26-22-18-14-10-4/h31-38,43,48H,7-30,39-42H2,1-6H3. The molecule has 0 fully saturated rings. The van der Waals surface area contributed by atoms with Crippen molar-refractivity contribution in [1.82, 2.24) is 0 Å². The number of benzene rings is 2. The normalized spacial score (nSPS) is 11.6. The van der Waals surface area contributed by atoms with Crippen molar-refractivity contribution >= 4 is 11.4 Å². The van der Waals surface area contributed by atoms with Crippen LogP contribution in [0.1, 0.15) is 213 Å². The molecule has 0 atom stereocenters. The Kier molecular flexibility index (Phi) is 30.2. The van der Waals surface area contributed by atoms with E-state index in [1.807, 2.05) is 0 Å². The fourth-order valence-electron chi connectivity index (χ4n) is 6.66. The molecule has 7 heteroatoms. The summed E-state index contributed by atoms with van der Waals surface area (Å²) in [6.45, 7) is 15.8. The Hall–Kier alpha value is -2.16. The minimum atomic E-state index is -0.217. The minimum Gasteiger partial charge on any atom is -0.366 e. The molecule has 0 aliphatic carbocycles. The molecule has 2 aromatic rings. The molecule has 316 valence electrons. The zero-order valence-corrected chi connectivity index (χ0v) is 36.5. The molecule has 0 amide bonds. The smallest absolute Gasteiger partial charge is 0.108 e. The van der Waals surface area contributed by atoms with Crippen molar-refractivity contribution in [2.24, 2.45) is 0 Å². The second-order valence-corrected chi connectivity index (χ2v) is 15.7. The van der Waals surface area contributed by atoms with Gasteiger partial charge in [-0.05, 0) is 74.9 Å². The van der Waals surface area contributed by atoms with Gasteiger partial charge in [0.15, 0.2) is 0 Å². The molecule has 0 saturated carbocycles. The number of unbranched alkanes of at least 4 members (excludes halogenated alkanes) is 20. The Labute approximate surface area is 339 Å². The van der Waals surface area contributed by atoms with Crippen LogP contribution in [-0.2, 0) is 24.1 Å². The summed E-state index contributed by atoms with van der Waals surface area (Å²) in [6.07, 6.45) is 29.3. The maximum Gasteiger partial charge on any atom is 0.108 e. The number of ether oxygens (including phenoxy) is 1. The highest BCUT2D eigenvalue weighted by atomic mass is 17.0. The molecule has 0 aliphatic heterocycles. The van der Waals surface area contributed by atoms with E-state index in [0.717, 1.165) is 48.2 Å². The van der Waals surface area contributed by atoms with Crippen molar-refractivity contribution in [3.63, 3.8) is 0 Å². The van der Waals surface area contributed by atoms with Crippen LogP contribution >= 0.6 is 0 Å². The summed E-state index contributed by atoms with van der Waals surface area (Å²) in [5, 5.41) is 3.31. The summed E-state index contributed by atoms with van der Waals surface area (Å²) in [7, 11) is 0. The van der Waals surface area contributed by atoms with Crippen LogP contribution in [-0.4, -0.2) is 32.5 Å². The molecular formula is C48H84N2O5. The highest BCUT2D eigenvalue weighted by Gasteiger charge is 2.19. The van der Waals surface area contributed by atoms with Gasteiger partial charge in [0.05, 0.1) is 43.9 Å². The fourth-order valence-corrected chi connectivity index (χ4v) is 6.66. The number of nitrogens with zero attached hydrogens (tertiary/aromatic N) is 2. The molecule has 0 unspecified atom stereocenters. The second kappa shape index (κ2) is 33.9. The first-order valence-corrected chi connectivity index (χ1v) is 23.0. The van der Waals surface area contributed by atoms with Crippen molar-refractivity contribution in [2.45, 2.75) is 208 Å². The van der Waals surface area contributed by atoms with Crippen LogP contribution in [0, 0.1) is 0 Å². The molecule has 0 spiro atoms. The number of anilines is 2. The molecule has 0 heterocycles. The van der Waals surface area contributed by atoms with Crippen LogP contribution in [0.5, 0.6) is 0 Å². The van der Waals surface area contributed by atoms with E-state index in [1.165, 1.54) is 128 Å². The topological polar surface area (TPSA) is 52.6 Å². The largest absolute Gasteiger partial charge is 0.366 e. The first kappa shape index (κ1) is 49.0. The predicted octanol–water partition coefficient (Wildman–Crippen LogP) is 15.0. The Morgan fingerprint density at radius 1 is 0.364 bits per heavy atom. The van der Waals surface area contributed by atoms with Gasteiger partial charge in [0.1, 0.15) is 6.10 Å². The van der Waals surface area contributed by atoms with Crippen molar-refractivity contribution in [3.8, 4) is 0 Å². The molecule has 0 aromatic heterocycles. The van der Waals surface area contributed by atoms with Crippen LogP contribution in [0.2, 0.25) is 0 Å². The molecular weight excluding hydrogens is 685 g/mol. The van der Waals surface area contributed by atoms with Crippen LogP contribution in [0.15, 0.2) is 48.5 Å². The van der Waals surface area contributed by atoms with Gasteiger partial charge in [-0.3, -0.25) is 0 Å². The van der Waals surface area contributed by atoms with E-state index in [0.29, 0.717) is 26.4 Å². The molecule has 2 rings (SSSR count). The first-order chi connectivity index (χ1) is 27.0. The molecule has 2 aromatic carbocycles. The molecule has 0 N–H and O–H groups in total. The third-order valence-electron chi connectivity index (χ3n) is 10.0. The highest BCUT2D eigenvalue weighted by molar-refractivity contribution is 5.48. The van der Waals surface area contributed by atoms with Gasteiger partial charge in [0, 0.05) is 0 Å². The lowest BCUT2D eigenvalue weighted by Crippen LogP contribution is -2.25.